The van der Waals surface area contributed by atoms with E-state index in [0.717, 1.165) is 37.7 Å². The predicted octanol–water partition coefficient (Wildman–Crippen LogP) is 3.80. The Morgan fingerprint density at radius 1 is 1.36 bits per heavy atom. The second-order valence-electron chi connectivity index (χ2n) is 3.96. The Hall–Kier alpha value is -0.850. The lowest BCUT2D eigenvalue weighted by atomic mass is 10.0. The van der Waals surface area contributed by atoms with E-state index in [1.807, 2.05) is 6.08 Å². The Balaban J connectivity index is 2.54. The average Bonchev–Trinajstić information content (AvgIpc) is 2.50. The number of Topliss-reactive ketones (excluding diaryl/α,β-unsaturated/α-hetero) is 1. The first-order chi connectivity index (χ1) is 6.79. The minimum Gasteiger partial charge on any atom is -0.295 e. The summed E-state index contributed by atoms with van der Waals surface area (Å²) in [6, 6.07) is 0. The number of allylic oxidation sites excluding steroid dienone is 3. The van der Waals surface area contributed by atoms with E-state index < -0.39 is 0 Å². The average molecular weight is 192 g/mol. The molecular formula is C13H20O. The summed E-state index contributed by atoms with van der Waals surface area (Å²) in [6.07, 6.45) is 9.16. The Kier molecular flexibility index (Phi) is 4.64. The molecule has 1 aliphatic carbocycles. The Labute approximate surface area is 86.9 Å². The zero-order chi connectivity index (χ0) is 10.4. The molecule has 0 amide bonds. The van der Waals surface area contributed by atoms with Crippen molar-refractivity contribution >= 4 is 5.78 Å². The highest BCUT2D eigenvalue weighted by Gasteiger charge is 2.20. The molecule has 0 aliphatic heterocycles. The SMILES string of the molecule is C=CCC1=C(CCCCC)C(=O)CC1. The maximum atomic E-state index is 11.6. The van der Waals surface area contributed by atoms with E-state index in [1.165, 1.54) is 18.4 Å². The molecular weight excluding hydrogens is 172 g/mol. The molecule has 1 heteroatoms. The Bertz CT molecular complexity index is 248. The first kappa shape index (κ1) is 11.2. The lowest BCUT2D eigenvalue weighted by molar-refractivity contribution is -0.115. The van der Waals surface area contributed by atoms with Crippen molar-refractivity contribution in [2.24, 2.45) is 0 Å². The van der Waals surface area contributed by atoms with Gasteiger partial charge in [0.2, 0.25) is 0 Å². The van der Waals surface area contributed by atoms with E-state index in [9.17, 15) is 4.79 Å². The van der Waals surface area contributed by atoms with Crippen LogP contribution < -0.4 is 0 Å². The molecule has 0 aromatic carbocycles. The van der Waals surface area contributed by atoms with Crippen molar-refractivity contribution < 1.29 is 4.79 Å². The summed E-state index contributed by atoms with van der Waals surface area (Å²) in [5, 5.41) is 0. The topological polar surface area (TPSA) is 17.1 Å². The normalized spacial score (nSPS) is 16.5. The monoisotopic (exact) mass is 192 g/mol. The molecule has 0 bridgehead atoms. The van der Waals surface area contributed by atoms with Crippen LogP contribution in [0.1, 0.15) is 51.9 Å². The zero-order valence-electron chi connectivity index (χ0n) is 9.14. The molecule has 78 valence electrons. The van der Waals surface area contributed by atoms with Gasteiger partial charge in [-0.1, -0.05) is 31.4 Å². The molecule has 0 radical (unpaired) electrons. The zero-order valence-corrected chi connectivity index (χ0v) is 9.14. The van der Waals surface area contributed by atoms with Gasteiger partial charge in [-0.2, -0.15) is 0 Å². The van der Waals surface area contributed by atoms with E-state index in [1.54, 1.807) is 0 Å². The van der Waals surface area contributed by atoms with Crippen LogP contribution in [0.15, 0.2) is 23.8 Å². The minimum absolute atomic E-state index is 0.387. The van der Waals surface area contributed by atoms with Gasteiger partial charge >= 0.3 is 0 Å². The van der Waals surface area contributed by atoms with E-state index in [0.29, 0.717) is 5.78 Å². The van der Waals surface area contributed by atoms with E-state index in [-0.39, 0.29) is 0 Å². The van der Waals surface area contributed by atoms with Crippen molar-refractivity contribution in [3.05, 3.63) is 23.8 Å². The van der Waals surface area contributed by atoms with Crippen molar-refractivity contribution in [2.75, 3.05) is 0 Å². The van der Waals surface area contributed by atoms with Crippen LogP contribution >= 0.6 is 0 Å². The molecule has 0 spiro atoms. The highest BCUT2D eigenvalue weighted by atomic mass is 16.1. The third kappa shape index (κ3) is 2.83. The lowest BCUT2D eigenvalue weighted by Gasteiger charge is -2.03. The van der Waals surface area contributed by atoms with Gasteiger partial charge in [-0.3, -0.25) is 4.79 Å². The van der Waals surface area contributed by atoms with Crippen LogP contribution in [0, 0.1) is 0 Å². The van der Waals surface area contributed by atoms with Gasteiger partial charge in [-0.25, -0.2) is 0 Å². The molecule has 0 fully saturated rings. The number of carbonyl (C=O) groups excluding carboxylic acids is 1. The smallest absolute Gasteiger partial charge is 0.159 e. The molecule has 0 saturated heterocycles. The largest absolute Gasteiger partial charge is 0.295 e. The summed E-state index contributed by atoms with van der Waals surface area (Å²) in [7, 11) is 0. The van der Waals surface area contributed by atoms with Gasteiger partial charge in [0, 0.05) is 6.42 Å². The summed E-state index contributed by atoms with van der Waals surface area (Å²) < 4.78 is 0. The fourth-order valence-electron chi connectivity index (χ4n) is 2.03. The van der Waals surface area contributed by atoms with Crippen LogP contribution in [0.2, 0.25) is 0 Å². The standard InChI is InChI=1S/C13H20O/c1-3-5-6-8-12-11(7-4-2)9-10-13(12)14/h4H,2-3,5-10H2,1H3. The first-order valence-corrected chi connectivity index (χ1v) is 5.64. The number of hydrogen-bond donors (Lipinski definition) is 0. The summed E-state index contributed by atoms with van der Waals surface area (Å²) in [5.74, 6) is 0.387. The van der Waals surface area contributed by atoms with Crippen LogP contribution in [-0.4, -0.2) is 5.78 Å². The molecule has 0 aromatic rings. The lowest BCUT2D eigenvalue weighted by Crippen LogP contribution is -1.96. The van der Waals surface area contributed by atoms with Crippen LogP contribution in [0.5, 0.6) is 0 Å². The van der Waals surface area contributed by atoms with Crippen LogP contribution in [-0.2, 0) is 4.79 Å². The van der Waals surface area contributed by atoms with Crippen molar-refractivity contribution in [1.82, 2.24) is 0 Å². The van der Waals surface area contributed by atoms with Crippen molar-refractivity contribution in [3.8, 4) is 0 Å². The Morgan fingerprint density at radius 3 is 2.79 bits per heavy atom. The summed E-state index contributed by atoms with van der Waals surface area (Å²) in [6.45, 7) is 5.92. The van der Waals surface area contributed by atoms with Crippen LogP contribution in [0.3, 0.4) is 0 Å². The maximum absolute atomic E-state index is 11.6. The third-order valence-electron chi connectivity index (χ3n) is 2.84. The van der Waals surface area contributed by atoms with Gasteiger partial charge in [0.1, 0.15) is 0 Å². The molecule has 0 heterocycles. The second-order valence-corrected chi connectivity index (χ2v) is 3.96. The maximum Gasteiger partial charge on any atom is 0.159 e. The molecule has 0 N–H and O–H groups in total. The van der Waals surface area contributed by atoms with E-state index >= 15 is 0 Å². The fraction of sp³-hybridized carbons (Fsp3) is 0.615. The molecule has 14 heavy (non-hydrogen) atoms. The highest BCUT2D eigenvalue weighted by Crippen LogP contribution is 2.29. The van der Waals surface area contributed by atoms with Gasteiger partial charge < -0.3 is 0 Å². The molecule has 1 nitrogen and oxygen atoms in total. The number of rotatable bonds is 6. The number of ketones is 1. The third-order valence-corrected chi connectivity index (χ3v) is 2.84. The molecule has 0 unspecified atom stereocenters. The highest BCUT2D eigenvalue weighted by molar-refractivity contribution is 5.98. The van der Waals surface area contributed by atoms with Crippen molar-refractivity contribution in [1.29, 1.82) is 0 Å². The van der Waals surface area contributed by atoms with Crippen LogP contribution in [0.25, 0.3) is 0 Å². The van der Waals surface area contributed by atoms with Gasteiger partial charge in [0.25, 0.3) is 0 Å². The minimum atomic E-state index is 0.387. The second kappa shape index (κ2) is 5.79. The van der Waals surface area contributed by atoms with Gasteiger partial charge in [-0.15, -0.1) is 6.58 Å². The van der Waals surface area contributed by atoms with Crippen molar-refractivity contribution in [3.63, 3.8) is 0 Å². The Morgan fingerprint density at radius 2 is 2.14 bits per heavy atom. The van der Waals surface area contributed by atoms with Crippen LogP contribution in [0.4, 0.5) is 0 Å². The van der Waals surface area contributed by atoms with Gasteiger partial charge in [0.15, 0.2) is 5.78 Å². The molecule has 0 saturated carbocycles. The van der Waals surface area contributed by atoms with Crippen molar-refractivity contribution in [2.45, 2.75) is 51.9 Å². The first-order valence-electron chi connectivity index (χ1n) is 5.64. The predicted molar refractivity (Wildman–Crippen MR) is 60.2 cm³/mol. The summed E-state index contributed by atoms with van der Waals surface area (Å²) in [4.78, 5) is 11.6. The van der Waals surface area contributed by atoms with E-state index in [2.05, 4.69) is 13.5 Å². The van der Waals surface area contributed by atoms with Gasteiger partial charge in [0.05, 0.1) is 0 Å². The van der Waals surface area contributed by atoms with E-state index in [4.69, 9.17) is 0 Å². The number of hydrogen-bond acceptors (Lipinski definition) is 1. The molecule has 0 aromatic heterocycles. The van der Waals surface area contributed by atoms with Gasteiger partial charge in [-0.05, 0) is 31.3 Å². The molecule has 0 atom stereocenters. The summed E-state index contributed by atoms with van der Waals surface area (Å²) >= 11 is 0. The summed E-state index contributed by atoms with van der Waals surface area (Å²) in [5.41, 5.74) is 2.47. The number of unbranched alkanes of at least 4 members (excludes halogenated alkanes) is 2. The molecule has 1 rings (SSSR count). The quantitative estimate of drug-likeness (QED) is 0.462. The molecule has 1 aliphatic rings. The fourth-order valence-corrected chi connectivity index (χ4v) is 2.03. The number of carbonyl (C=O) groups is 1.